The molecule has 0 bridgehead atoms. The minimum Gasteiger partial charge on any atom is -0.434 e. The number of nitrogens with one attached hydrogen (secondary N) is 2. The van der Waals surface area contributed by atoms with Crippen molar-refractivity contribution in [3.8, 4) is 5.75 Å². The highest BCUT2D eigenvalue weighted by Crippen LogP contribution is 2.24. The van der Waals surface area contributed by atoms with Gasteiger partial charge in [-0.3, -0.25) is 9.59 Å². The fourth-order valence-electron chi connectivity index (χ4n) is 2.85. The third-order valence-corrected chi connectivity index (χ3v) is 4.24. The summed E-state index contributed by atoms with van der Waals surface area (Å²) < 4.78 is 9.61. The van der Waals surface area contributed by atoms with Gasteiger partial charge in [-0.15, -0.1) is 0 Å². The van der Waals surface area contributed by atoms with Crippen molar-refractivity contribution in [3.63, 3.8) is 0 Å². The summed E-state index contributed by atoms with van der Waals surface area (Å²) in [5, 5.41) is 5.72. The summed E-state index contributed by atoms with van der Waals surface area (Å²) in [6, 6.07) is 6.22. The van der Waals surface area contributed by atoms with Crippen LogP contribution in [0.15, 0.2) is 24.3 Å². The molecule has 1 aromatic rings. The second-order valence-corrected chi connectivity index (χ2v) is 6.19. The van der Waals surface area contributed by atoms with Crippen LogP contribution in [0.25, 0.3) is 0 Å². The second-order valence-electron chi connectivity index (χ2n) is 6.19. The Kier molecular flexibility index (Phi) is 7.92. The molecule has 1 fully saturated rings. The first-order chi connectivity index (χ1) is 12.6. The van der Waals surface area contributed by atoms with Gasteiger partial charge in [0.2, 0.25) is 5.91 Å². The lowest BCUT2D eigenvalue weighted by molar-refractivity contribution is -0.124. The van der Waals surface area contributed by atoms with Crippen LogP contribution in [-0.2, 0) is 9.53 Å². The molecule has 0 heterocycles. The van der Waals surface area contributed by atoms with Gasteiger partial charge < -0.3 is 20.1 Å². The van der Waals surface area contributed by atoms with Crippen LogP contribution in [0.4, 0.5) is 4.79 Å². The average molecular weight is 362 g/mol. The minimum absolute atomic E-state index is 0.131. The summed E-state index contributed by atoms with van der Waals surface area (Å²) in [5.41, 5.74) is 0.469. The van der Waals surface area contributed by atoms with Crippen LogP contribution in [0, 0.1) is 5.92 Å². The number of hydrogen-bond donors (Lipinski definition) is 2. The molecule has 0 spiro atoms. The standard InChI is InChI=1S/C19H26N2O5/c1-2-25-19(24)26-16-10-8-15(9-11-16)18(23)21-13-5-12-20-17(22)14-6-3-4-7-14/h8-11,14H,2-7,12-13H2,1H3,(H,20,22)(H,21,23). The lowest BCUT2D eigenvalue weighted by atomic mass is 10.1. The Morgan fingerprint density at radius 3 is 2.35 bits per heavy atom. The molecule has 1 aromatic carbocycles. The van der Waals surface area contributed by atoms with E-state index in [1.165, 1.54) is 12.1 Å². The molecule has 0 atom stereocenters. The van der Waals surface area contributed by atoms with E-state index in [4.69, 9.17) is 4.74 Å². The Morgan fingerprint density at radius 2 is 1.69 bits per heavy atom. The van der Waals surface area contributed by atoms with Gasteiger partial charge in [0, 0.05) is 24.6 Å². The van der Waals surface area contributed by atoms with E-state index in [0.29, 0.717) is 30.8 Å². The third-order valence-electron chi connectivity index (χ3n) is 4.24. The Balaban J connectivity index is 1.64. The van der Waals surface area contributed by atoms with Gasteiger partial charge in [0.25, 0.3) is 5.91 Å². The highest BCUT2D eigenvalue weighted by Gasteiger charge is 2.21. The van der Waals surface area contributed by atoms with Crippen molar-refractivity contribution in [2.75, 3.05) is 19.7 Å². The van der Waals surface area contributed by atoms with Crippen molar-refractivity contribution in [1.29, 1.82) is 0 Å². The topological polar surface area (TPSA) is 93.7 Å². The van der Waals surface area contributed by atoms with E-state index in [1.54, 1.807) is 19.1 Å². The number of carbonyl (C=O) groups excluding carboxylic acids is 3. The number of hydrogen-bond acceptors (Lipinski definition) is 5. The van der Waals surface area contributed by atoms with Gasteiger partial charge in [0.05, 0.1) is 6.61 Å². The summed E-state index contributed by atoms with van der Waals surface area (Å²) in [7, 11) is 0. The summed E-state index contributed by atoms with van der Waals surface area (Å²) in [6.45, 7) is 2.96. The van der Waals surface area contributed by atoms with Crippen LogP contribution in [0.1, 0.15) is 49.4 Å². The van der Waals surface area contributed by atoms with Crippen molar-refractivity contribution in [3.05, 3.63) is 29.8 Å². The molecule has 0 aromatic heterocycles. The summed E-state index contributed by atoms with van der Waals surface area (Å²) in [5.74, 6) is 0.398. The monoisotopic (exact) mass is 362 g/mol. The molecule has 0 saturated heterocycles. The quantitative estimate of drug-likeness (QED) is 0.421. The van der Waals surface area contributed by atoms with Crippen molar-refractivity contribution in [1.82, 2.24) is 10.6 Å². The van der Waals surface area contributed by atoms with Gasteiger partial charge in [-0.25, -0.2) is 4.79 Å². The molecule has 1 saturated carbocycles. The maximum Gasteiger partial charge on any atom is 0.513 e. The molecule has 2 N–H and O–H groups in total. The van der Waals surface area contributed by atoms with E-state index in [1.807, 2.05) is 0 Å². The highest BCUT2D eigenvalue weighted by atomic mass is 16.7. The number of benzene rings is 1. The number of amides is 2. The number of rotatable bonds is 8. The Morgan fingerprint density at radius 1 is 1.04 bits per heavy atom. The van der Waals surface area contributed by atoms with Crippen LogP contribution < -0.4 is 15.4 Å². The van der Waals surface area contributed by atoms with Crippen LogP contribution >= 0.6 is 0 Å². The zero-order valence-corrected chi connectivity index (χ0v) is 15.1. The maximum absolute atomic E-state index is 12.1. The van der Waals surface area contributed by atoms with Gasteiger partial charge in [-0.2, -0.15) is 0 Å². The lowest BCUT2D eigenvalue weighted by Crippen LogP contribution is -2.32. The Bertz CT molecular complexity index is 609. The van der Waals surface area contributed by atoms with Gasteiger partial charge >= 0.3 is 6.16 Å². The normalized spacial score (nSPS) is 13.9. The molecule has 26 heavy (non-hydrogen) atoms. The first kappa shape index (κ1) is 19.8. The molecule has 1 aliphatic rings. The first-order valence-corrected chi connectivity index (χ1v) is 9.10. The van der Waals surface area contributed by atoms with Gasteiger partial charge in [-0.05, 0) is 50.5 Å². The molecule has 0 aliphatic heterocycles. The molecule has 0 unspecified atom stereocenters. The van der Waals surface area contributed by atoms with E-state index >= 15 is 0 Å². The SMILES string of the molecule is CCOC(=O)Oc1ccc(C(=O)NCCCNC(=O)C2CCCC2)cc1. The molecule has 7 nitrogen and oxygen atoms in total. The van der Waals surface area contributed by atoms with Gasteiger partial charge in [0.1, 0.15) is 5.75 Å². The molecule has 2 amide bonds. The third kappa shape index (κ3) is 6.38. The fourth-order valence-corrected chi connectivity index (χ4v) is 2.85. The van der Waals surface area contributed by atoms with Gasteiger partial charge in [0.15, 0.2) is 0 Å². The fraction of sp³-hybridized carbons (Fsp3) is 0.526. The van der Waals surface area contributed by atoms with Crippen molar-refractivity contribution in [2.24, 2.45) is 5.92 Å². The second kappa shape index (κ2) is 10.4. The van der Waals surface area contributed by atoms with Crippen LogP contribution in [0.5, 0.6) is 5.75 Å². The van der Waals surface area contributed by atoms with Crippen LogP contribution in [-0.4, -0.2) is 37.7 Å². The van der Waals surface area contributed by atoms with Gasteiger partial charge in [-0.1, -0.05) is 12.8 Å². The zero-order chi connectivity index (χ0) is 18.8. The van der Waals surface area contributed by atoms with E-state index in [0.717, 1.165) is 25.7 Å². The zero-order valence-electron chi connectivity index (χ0n) is 15.1. The molecule has 142 valence electrons. The van der Waals surface area contributed by atoms with Crippen molar-refractivity contribution in [2.45, 2.75) is 39.0 Å². The van der Waals surface area contributed by atoms with E-state index < -0.39 is 6.16 Å². The predicted octanol–water partition coefficient (Wildman–Crippen LogP) is 2.65. The maximum atomic E-state index is 12.1. The Labute approximate surface area is 153 Å². The van der Waals surface area contributed by atoms with Crippen molar-refractivity contribution >= 4 is 18.0 Å². The summed E-state index contributed by atoms with van der Waals surface area (Å²) in [6.07, 6.45) is 4.14. The van der Waals surface area contributed by atoms with E-state index in [2.05, 4.69) is 15.4 Å². The molecular weight excluding hydrogens is 336 g/mol. The van der Waals surface area contributed by atoms with E-state index in [9.17, 15) is 14.4 Å². The predicted molar refractivity (Wildman–Crippen MR) is 96.0 cm³/mol. The highest BCUT2D eigenvalue weighted by molar-refractivity contribution is 5.94. The van der Waals surface area contributed by atoms with E-state index in [-0.39, 0.29) is 24.3 Å². The van der Waals surface area contributed by atoms with Crippen molar-refractivity contribution < 1.29 is 23.9 Å². The number of ether oxygens (including phenoxy) is 2. The smallest absolute Gasteiger partial charge is 0.434 e. The molecule has 0 radical (unpaired) electrons. The van der Waals surface area contributed by atoms with Crippen LogP contribution in [0.2, 0.25) is 0 Å². The Hall–Kier alpha value is -2.57. The molecule has 2 rings (SSSR count). The van der Waals surface area contributed by atoms with Crippen LogP contribution in [0.3, 0.4) is 0 Å². The summed E-state index contributed by atoms with van der Waals surface area (Å²) >= 11 is 0. The molecular formula is C19H26N2O5. The largest absolute Gasteiger partial charge is 0.513 e. The lowest BCUT2D eigenvalue weighted by Gasteiger charge is -2.10. The number of carbonyl (C=O) groups is 3. The molecule has 7 heteroatoms. The molecule has 1 aliphatic carbocycles. The summed E-state index contributed by atoms with van der Waals surface area (Å²) in [4.78, 5) is 35.1. The minimum atomic E-state index is -0.774. The first-order valence-electron chi connectivity index (χ1n) is 9.10. The average Bonchev–Trinajstić information content (AvgIpc) is 3.16.